The third-order valence-electron chi connectivity index (χ3n) is 5.65. The van der Waals surface area contributed by atoms with Crippen LogP contribution >= 0.6 is 0 Å². The summed E-state index contributed by atoms with van der Waals surface area (Å²) < 4.78 is 10.3. The second kappa shape index (κ2) is 6.35. The Hall–Kier alpha value is -2.93. The van der Waals surface area contributed by atoms with Crippen molar-refractivity contribution in [3.8, 4) is 0 Å². The third-order valence-corrected chi connectivity index (χ3v) is 5.65. The minimum absolute atomic E-state index is 0.239. The number of amides is 2. The van der Waals surface area contributed by atoms with Gasteiger partial charge in [0.15, 0.2) is 0 Å². The van der Waals surface area contributed by atoms with E-state index in [2.05, 4.69) is 5.32 Å². The molecular weight excluding hydrogens is 348 g/mol. The highest BCUT2D eigenvalue weighted by Gasteiger charge is 2.68. The normalized spacial score (nSPS) is 29.9. The van der Waals surface area contributed by atoms with Gasteiger partial charge >= 0.3 is 5.97 Å². The quantitative estimate of drug-likeness (QED) is 0.647. The van der Waals surface area contributed by atoms with Gasteiger partial charge in [0.1, 0.15) is 5.54 Å². The zero-order chi connectivity index (χ0) is 19.2. The number of nitrogens with one attached hydrogen (secondary N) is 1. The Morgan fingerprint density at radius 1 is 1.22 bits per heavy atom. The summed E-state index contributed by atoms with van der Waals surface area (Å²) in [5.41, 5.74) is 0.261. The Balaban J connectivity index is 1.85. The van der Waals surface area contributed by atoms with Crippen molar-refractivity contribution < 1.29 is 23.5 Å². The molecule has 0 saturated carbocycles. The van der Waals surface area contributed by atoms with Crippen molar-refractivity contribution in [3.63, 3.8) is 0 Å². The van der Waals surface area contributed by atoms with E-state index in [0.717, 1.165) is 16.0 Å². The minimum atomic E-state index is -1.33. The van der Waals surface area contributed by atoms with Crippen molar-refractivity contribution >= 4 is 17.8 Å². The van der Waals surface area contributed by atoms with Crippen molar-refractivity contribution in [2.75, 3.05) is 14.2 Å². The predicted octanol–water partition coefficient (Wildman–Crippen LogP) is 1.31. The molecule has 2 fully saturated rings. The predicted molar refractivity (Wildman–Crippen MR) is 94.2 cm³/mol. The number of methoxy groups -OCH3 is 1. The lowest BCUT2D eigenvalue weighted by molar-refractivity contribution is -0.153. The number of likely N-dealkylation sites (tertiary alicyclic amines) is 1. The van der Waals surface area contributed by atoms with Gasteiger partial charge in [-0.25, -0.2) is 0 Å². The Morgan fingerprint density at radius 3 is 2.59 bits per heavy atom. The van der Waals surface area contributed by atoms with E-state index < -0.39 is 29.4 Å². The van der Waals surface area contributed by atoms with Gasteiger partial charge in [0.2, 0.25) is 11.8 Å². The maximum absolute atomic E-state index is 13.0. The van der Waals surface area contributed by atoms with Crippen LogP contribution < -0.4 is 5.32 Å². The van der Waals surface area contributed by atoms with Crippen molar-refractivity contribution in [2.45, 2.75) is 18.0 Å². The SMILES string of the molecule is COC(=O)[C@@]1(Cc2ccccc2)N[C@@H](c2ccoc2)[C@H]2C(=O)N(C)C(=O)[C@H]21. The molecule has 1 aromatic carbocycles. The Labute approximate surface area is 156 Å². The van der Waals surface area contributed by atoms with Gasteiger partial charge in [0.25, 0.3) is 0 Å². The number of rotatable bonds is 4. The average Bonchev–Trinajstić information content (AvgIpc) is 3.37. The maximum atomic E-state index is 13.0. The monoisotopic (exact) mass is 368 g/mol. The molecule has 2 aliphatic heterocycles. The first-order valence-electron chi connectivity index (χ1n) is 8.73. The third kappa shape index (κ3) is 2.49. The smallest absolute Gasteiger partial charge is 0.327 e. The molecule has 0 unspecified atom stereocenters. The standard InChI is InChI=1S/C20H20N2O5/c1-22-17(23)14-15(18(22)24)20(19(25)26-2,10-12-6-4-3-5-7-12)21-16(14)13-8-9-27-11-13/h3-9,11,14-16,21H,10H2,1-2H3/t14-,15-,16-,20-/m0/s1. The molecule has 7 nitrogen and oxygen atoms in total. The number of benzene rings is 1. The number of hydrogen-bond acceptors (Lipinski definition) is 6. The van der Waals surface area contributed by atoms with Crippen LogP contribution in [0.2, 0.25) is 0 Å². The molecule has 0 aliphatic carbocycles. The molecule has 7 heteroatoms. The number of carbonyl (C=O) groups is 3. The molecule has 4 atom stereocenters. The first-order valence-corrected chi connectivity index (χ1v) is 8.73. The van der Waals surface area contributed by atoms with E-state index in [4.69, 9.17) is 9.15 Å². The maximum Gasteiger partial charge on any atom is 0.327 e. The fraction of sp³-hybridized carbons (Fsp3) is 0.350. The number of hydrogen-bond donors (Lipinski definition) is 1. The van der Waals surface area contributed by atoms with Gasteiger partial charge in [-0.1, -0.05) is 30.3 Å². The molecular formula is C20H20N2O5. The topological polar surface area (TPSA) is 88.8 Å². The second-order valence-electron chi connectivity index (χ2n) is 7.04. The summed E-state index contributed by atoms with van der Waals surface area (Å²) in [5.74, 6) is -2.76. The van der Waals surface area contributed by atoms with Crippen molar-refractivity contribution in [1.29, 1.82) is 0 Å². The molecule has 0 bridgehead atoms. The molecule has 2 aliphatic rings. The summed E-state index contributed by atoms with van der Waals surface area (Å²) in [7, 11) is 2.75. The van der Waals surface area contributed by atoms with Crippen LogP contribution in [0.5, 0.6) is 0 Å². The van der Waals surface area contributed by atoms with Gasteiger partial charge in [-0.05, 0) is 11.6 Å². The van der Waals surface area contributed by atoms with E-state index in [-0.39, 0.29) is 18.2 Å². The zero-order valence-electron chi connectivity index (χ0n) is 15.0. The first kappa shape index (κ1) is 17.5. The van der Waals surface area contributed by atoms with Crippen LogP contribution in [-0.2, 0) is 25.5 Å². The van der Waals surface area contributed by atoms with E-state index in [1.54, 1.807) is 6.07 Å². The van der Waals surface area contributed by atoms with Crippen molar-refractivity contribution in [2.24, 2.45) is 11.8 Å². The summed E-state index contributed by atoms with van der Waals surface area (Å²) in [6, 6.07) is 10.6. The molecule has 140 valence electrons. The molecule has 0 spiro atoms. The number of esters is 1. The number of nitrogens with zero attached hydrogens (tertiary/aromatic N) is 1. The lowest BCUT2D eigenvalue weighted by Crippen LogP contribution is -2.57. The van der Waals surface area contributed by atoms with Gasteiger partial charge in [-0.15, -0.1) is 0 Å². The van der Waals surface area contributed by atoms with Crippen LogP contribution in [-0.4, -0.2) is 42.4 Å². The average molecular weight is 368 g/mol. The molecule has 4 rings (SSSR count). The molecule has 27 heavy (non-hydrogen) atoms. The van der Waals surface area contributed by atoms with Crippen LogP contribution in [0, 0.1) is 11.8 Å². The van der Waals surface area contributed by atoms with Gasteiger partial charge < -0.3 is 9.15 Å². The van der Waals surface area contributed by atoms with Crippen molar-refractivity contribution in [1.82, 2.24) is 10.2 Å². The van der Waals surface area contributed by atoms with Gasteiger partial charge in [-0.3, -0.25) is 24.6 Å². The summed E-state index contributed by atoms with van der Waals surface area (Å²) >= 11 is 0. The molecule has 1 N–H and O–H groups in total. The molecule has 2 saturated heterocycles. The van der Waals surface area contributed by atoms with Crippen LogP contribution in [0.15, 0.2) is 53.3 Å². The summed E-state index contributed by atoms with van der Waals surface area (Å²) in [6.07, 6.45) is 3.27. The first-order chi connectivity index (χ1) is 13.0. The summed E-state index contributed by atoms with van der Waals surface area (Å²) in [6.45, 7) is 0. The summed E-state index contributed by atoms with van der Waals surface area (Å²) in [5, 5.41) is 3.29. The van der Waals surface area contributed by atoms with Crippen LogP contribution in [0.4, 0.5) is 0 Å². The second-order valence-corrected chi connectivity index (χ2v) is 7.04. The van der Waals surface area contributed by atoms with E-state index in [1.807, 2.05) is 30.3 Å². The van der Waals surface area contributed by atoms with E-state index in [0.29, 0.717) is 0 Å². The molecule has 3 heterocycles. The highest BCUT2D eigenvalue weighted by Crippen LogP contribution is 2.50. The lowest BCUT2D eigenvalue weighted by Gasteiger charge is -2.32. The number of carbonyl (C=O) groups excluding carboxylic acids is 3. The van der Waals surface area contributed by atoms with E-state index in [9.17, 15) is 14.4 Å². The number of fused-ring (bicyclic) bond motifs is 1. The van der Waals surface area contributed by atoms with E-state index >= 15 is 0 Å². The van der Waals surface area contributed by atoms with Crippen LogP contribution in [0.25, 0.3) is 0 Å². The fourth-order valence-corrected chi connectivity index (χ4v) is 4.41. The molecule has 0 radical (unpaired) electrons. The zero-order valence-corrected chi connectivity index (χ0v) is 15.0. The Morgan fingerprint density at radius 2 is 1.96 bits per heavy atom. The molecule has 1 aromatic heterocycles. The summed E-state index contributed by atoms with van der Waals surface area (Å²) in [4.78, 5) is 39.9. The lowest BCUT2D eigenvalue weighted by atomic mass is 9.76. The van der Waals surface area contributed by atoms with Gasteiger partial charge in [0.05, 0.1) is 31.5 Å². The van der Waals surface area contributed by atoms with Crippen LogP contribution in [0.3, 0.4) is 0 Å². The van der Waals surface area contributed by atoms with E-state index in [1.165, 1.54) is 26.7 Å². The number of ether oxygens (including phenoxy) is 1. The largest absolute Gasteiger partial charge is 0.472 e. The van der Waals surface area contributed by atoms with Gasteiger partial charge in [0, 0.05) is 25.1 Å². The van der Waals surface area contributed by atoms with Crippen LogP contribution in [0.1, 0.15) is 17.2 Å². The molecule has 2 aromatic rings. The Bertz CT molecular complexity index is 879. The van der Waals surface area contributed by atoms with Crippen molar-refractivity contribution in [3.05, 3.63) is 60.1 Å². The number of imide groups is 1. The number of furan rings is 1. The minimum Gasteiger partial charge on any atom is -0.472 e. The fourth-order valence-electron chi connectivity index (χ4n) is 4.41. The highest BCUT2D eigenvalue weighted by atomic mass is 16.5. The van der Waals surface area contributed by atoms with Gasteiger partial charge in [-0.2, -0.15) is 0 Å². The highest BCUT2D eigenvalue weighted by molar-refractivity contribution is 6.09. The molecule has 2 amide bonds. The Kier molecular flexibility index (Phi) is 4.11.